The summed E-state index contributed by atoms with van der Waals surface area (Å²) in [7, 11) is 0. The van der Waals surface area contributed by atoms with Crippen molar-refractivity contribution in [2.45, 2.75) is 36.4 Å². The predicted octanol–water partition coefficient (Wildman–Crippen LogP) is 0.615. The van der Waals surface area contributed by atoms with Crippen molar-refractivity contribution in [3.05, 3.63) is 18.7 Å². The molecule has 0 aromatic carbocycles. The molecule has 0 amide bonds. The van der Waals surface area contributed by atoms with Crippen LogP contribution in [0.25, 0.3) is 0 Å². The molecule has 0 spiro atoms. The van der Waals surface area contributed by atoms with Gasteiger partial charge in [0, 0.05) is 6.20 Å². The average Bonchev–Trinajstić information content (AvgIpc) is 3.13. The SMILES string of the molecule is O=C(CCN(CCCn1ccnc1)CCC(=O)OCC[Se])OCC[Se]. The number of hydrogen-bond acceptors (Lipinski definition) is 6. The van der Waals surface area contributed by atoms with Crippen LogP contribution in [-0.4, -0.2) is 91.3 Å². The van der Waals surface area contributed by atoms with Crippen LogP contribution in [0, 0.1) is 0 Å². The van der Waals surface area contributed by atoms with Crippen LogP contribution in [0.1, 0.15) is 19.3 Å². The number of aryl methyl sites for hydroxylation is 1. The first kappa shape index (κ1) is 22.2. The standard InChI is InChI=1S/C16H25N3O4Se2/c20-15(22-10-12-24)2-7-18(8-3-16(21)23-11-13-25)5-1-6-19-9-4-17-14-19/h4,9,14H,1-3,5-8,10-13H2. The second-order valence-corrected chi connectivity index (χ2v) is 7.06. The van der Waals surface area contributed by atoms with Gasteiger partial charge in [0.2, 0.25) is 0 Å². The monoisotopic (exact) mass is 483 g/mol. The van der Waals surface area contributed by atoms with E-state index in [2.05, 4.69) is 41.9 Å². The molecule has 0 aliphatic heterocycles. The van der Waals surface area contributed by atoms with E-state index in [1.165, 1.54) is 0 Å². The zero-order chi connectivity index (χ0) is 18.3. The first-order valence-corrected chi connectivity index (χ1v) is 10.7. The molecular formula is C16H25N3O4Se2. The molecule has 0 aliphatic carbocycles. The van der Waals surface area contributed by atoms with Gasteiger partial charge in [0.15, 0.2) is 0 Å². The Morgan fingerprint density at radius 3 is 2.08 bits per heavy atom. The zero-order valence-electron chi connectivity index (χ0n) is 14.3. The summed E-state index contributed by atoms with van der Waals surface area (Å²) >= 11 is 5.61. The number of carbonyl (C=O) groups is 2. The van der Waals surface area contributed by atoms with Crippen molar-refractivity contribution < 1.29 is 19.1 Å². The molecular weight excluding hydrogens is 456 g/mol. The number of aromatic nitrogens is 2. The fourth-order valence-corrected chi connectivity index (χ4v) is 2.54. The molecule has 0 fully saturated rings. The van der Waals surface area contributed by atoms with E-state index >= 15 is 0 Å². The van der Waals surface area contributed by atoms with E-state index in [4.69, 9.17) is 9.47 Å². The quantitative estimate of drug-likeness (QED) is 0.287. The Hall–Kier alpha value is -0.851. The van der Waals surface area contributed by atoms with Crippen molar-refractivity contribution in [2.24, 2.45) is 0 Å². The Morgan fingerprint density at radius 1 is 1.00 bits per heavy atom. The molecule has 0 aliphatic rings. The first-order valence-electron chi connectivity index (χ1n) is 8.31. The zero-order valence-corrected chi connectivity index (χ0v) is 17.7. The third-order valence-electron chi connectivity index (χ3n) is 3.41. The normalized spacial score (nSPS) is 10.8. The summed E-state index contributed by atoms with van der Waals surface area (Å²) in [4.78, 5) is 29.5. The Labute approximate surface area is 165 Å². The van der Waals surface area contributed by atoms with Crippen LogP contribution in [0.3, 0.4) is 0 Å². The number of ether oxygens (including phenoxy) is 2. The summed E-state index contributed by atoms with van der Waals surface area (Å²) in [6.45, 7) is 3.60. The van der Waals surface area contributed by atoms with Crippen molar-refractivity contribution in [3.8, 4) is 0 Å². The Balaban J connectivity index is 2.36. The second kappa shape index (κ2) is 14.3. The van der Waals surface area contributed by atoms with Crippen molar-refractivity contribution in [2.75, 3.05) is 32.8 Å². The molecule has 7 nitrogen and oxygen atoms in total. The molecule has 140 valence electrons. The molecule has 1 aromatic rings. The van der Waals surface area contributed by atoms with Gasteiger partial charge in [0.25, 0.3) is 0 Å². The van der Waals surface area contributed by atoms with Crippen molar-refractivity contribution in [3.63, 3.8) is 0 Å². The first-order chi connectivity index (χ1) is 12.2. The number of hydrogen-bond donors (Lipinski definition) is 0. The van der Waals surface area contributed by atoms with Crippen molar-refractivity contribution in [1.82, 2.24) is 14.5 Å². The summed E-state index contributed by atoms with van der Waals surface area (Å²) in [6.07, 6.45) is 7.01. The van der Waals surface area contributed by atoms with E-state index in [9.17, 15) is 9.59 Å². The average molecular weight is 481 g/mol. The van der Waals surface area contributed by atoms with E-state index < -0.39 is 0 Å². The predicted molar refractivity (Wildman–Crippen MR) is 95.6 cm³/mol. The molecule has 0 saturated carbocycles. The van der Waals surface area contributed by atoms with E-state index in [1.54, 1.807) is 12.5 Å². The van der Waals surface area contributed by atoms with Crippen molar-refractivity contribution in [1.29, 1.82) is 0 Å². The Kier molecular flexibility index (Phi) is 12.7. The van der Waals surface area contributed by atoms with Gasteiger partial charge in [-0.1, -0.05) is 0 Å². The molecule has 0 atom stereocenters. The fourth-order valence-electron chi connectivity index (χ4n) is 2.19. The van der Waals surface area contributed by atoms with Gasteiger partial charge < -0.3 is 0 Å². The Bertz CT molecular complexity index is 462. The number of carbonyl (C=O) groups excluding carboxylic acids is 2. The third-order valence-corrected chi connectivity index (χ3v) is 4.11. The molecule has 1 aromatic heterocycles. The summed E-state index contributed by atoms with van der Waals surface area (Å²) in [5.41, 5.74) is 0. The van der Waals surface area contributed by atoms with E-state index in [-0.39, 0.29) is 11.9 Å². The summed E-state index contributed by atoms with van der Waals surface area (Å²) in [5.74, 6) is -0.419. The molecule has 1 heterocycles. The second-order valence-electron chi connectivity index (χ2n) is 5.34. The number of nitrogens with zero attached hydrogens (tertiary/aromatic N) is 3. The van der Waals surface area contributed by atoms with Crippen LogP contribution in [0.2, 0.25) is 10.6 Å². The molecule has 9 heteroatoms. The van der Waals surface area contributed by atoms with Crippen LogP contribution >= 0.6 is 0 Å². The summed E-state index contributed by atoms with van der Waals surface area (Å²) in [6, 6.07) is 0. The fraction of sp³-hybridized carbons (Fsp3) is 0.688. The van der Waals surface area contributed by atoms with Gasteiger partial charge in [0.05, 0.1) is 0 Å². The van der Waals surface area contributed by atoms with Crippen LogP contribution < -0.4 is 0 Å². The van der Waals surface area contributed by atoms with Gasteiger partial charge in [-0.2, -0.15) is 0 Å². The number of esters is 2. The van der Waals surface area contributed by atoms with Gasteiger partial charge >= 0.3 is 154 Å². The van der Waals surface area contributed by atoms with Gasteiger partial charge in [-0.25, -0.2) is 4.98 Å². The number of imidazole rings is 1. The van der Waals surface area contributed by atoms with Crippen LogP contribution in [0.4, 0.5) is 0 Å². The minimum atomic E-state index is -0.209. The van der Waals surface area contributed by atoms with E-state index in [1.807, 2.05) is 10.8 Å². The molecule has 0 bridgehead atoms. The third kappa shape index (κ3) is 11.4. The molecule has 2 radical (unpaired) electrons. The maximum absolute atomic E-state index is 11.7. The molecule has 0 saturated heterocycles. The van der Waals surface area contributed by atoms with Crippen LogP contribution in [0.5, 0.6) is 0 Å². The Morgan fingerprint density at radius 2 is 1.60 bits per heavy atom. The van der Waals surface area contributed by atoms with Crippen LogP contribution in [0.15, 0.2) is 18.7 Å². The van der Waals surface area contributed by atoms with Gasteiger partial charge in [-0.3, -0.25) is 0 Å². The van der Waals surface area contributed by atoms with E-state index in [0.717, 1.165) is 19.5 Å². The van der Waals surface area contributed by atoms with Crippen LogP contribution in [-0.2, 0) is 25.6 Å². The van der Waals surface area contributed by atoms with Gasteiger partial charge in [-0.15, -0.1) is 0 Å². The maximum atomic E-state index is 11.7. The molecule has 0 unspecified atom stereocenters. The molecule has 0 N–H and O–H groups in total. The molecule has 25 heavy (non-hydrogen) atoms. The molecule has 1 rings (SSSR count). The summed E-state index contributed by atoms with van der Waals surface area (Å²) in [5, 5.41) is 1.39. The minimum absolute atomic E-state index is 0.209. The van der Waals surface area contributed by atoms with Gasteiger partial charge in [-0.05, 0) is 0 Å². The number of rotatable bonds is 14. The summed E-state index contributed by atoms with van der Waals surface area (Å²) < 4.78 is 12.2. The van der Waals surface area contributed by atoms with Gasteiger partial charge in [0.1, 0.15) is 0 Å². The van der Waals surface area contributed by atoms with Crippen molar-refractivity contribution >= 4 is 44.0 Å². The topological polar surface area (TPSA) is 73.7 Å². The van der Waals surface area contributed by atoms with E-state index in [0.29, 0.717) is 49.8 Å².